The molecule has 0 atom stereocenters. The Labute approximate surface area is 175 Å². The van der Waals surface area contributed by atoms with E-state index in [9.17, 15) is 25.0 Å². The zero-order valence-corrected chi connectivity index (χ0v) is 17.1. The predicted molar refractivity (Wildman–Crippen MR) is 109 cm³/mol. The number of nitro groups is 1. The molecule has 1 heterocycles. The van der Waals surface area contributed by atoms with E-state index in [1.807, 2.05) is 4.90 Å². The Morgan fingerprint density at radius 1 is 1.23 bits per heavy atom. The summed E-state index contributed by atoms with van der Waals surface area (Å²) >= 11 is 0. The number of anilines is 1. The van der Waals surface area contributed by atoms with Crippen LogP contribution in [-0.4, -0.2) is 54.0 Å². The molecule has 1 saturated carbocycles. The highest BCUT2D eigenvalue weighted by molar-refractivity contribution is 5.98. The average Bonchev–Trinajstić information content (AvgIpc) is 3.31. The normalized spacial score (nSPS) is 17.8. The van der Waals surface area contributed by atoms with Crippen molar-refractivity contribution in [1.82, 2.24) is 4.90 Å². The van der Waals surface area contributed by atoms with Crippen molar-refractivity contribution < 1.29 is 19.2 Å². The Morgan fingerprint density at radius 3 is 2.50 bits per heavy atom. The number of amides is 1. The molecule has 1 aliphatic carbocycles. The molecule has 2 aliphatic rings. The Kier molecular flexibility index (Phi) is 6.55. The molecule has 0 N–H and O–H groups in total. The molecule has 0 aromatic heterocycles. The molecule has 1 saturated heterocycles. The van der Waals surface area contributed by atoms with Crippen molar-refractivity contribution in [1.29, 1.82) is 5.26 Å². The molecule has 2 fully saturated rings. The summed E-state index contributed by atoms with van der Waals surface area (Å²) in [6.07, 6.45) is 5.94. The van der Waals surface area contributed by atoms with Crippen LogP contribution in [0.1, 0.15) is 55.3 Å². The zero-order valence-electron chi connectivity index (χ0n) is 17.1. The molecule has 0 spiro atoms. The number of esters is 1. The van der Waals surface area contributed by atoms with E-state index in [0.717, 1.165) is 45.2 Å². The Morgan fingerprint density at radius 2 is 1.90 bits per heavy atom. The summed E-state index contributed by atoms with van der Waals surface area (Å²) in [6, 6.07) is 6.38. The predicted octanol–water partition coefficient (Wildman–Crippen LogP) is 3.04. The van der Waals surface area contributed by atoms with Crippen molar-refractivity contribution in [3.05, 3.63) is 33.9 Å². The van der Waals surface area contributed by atoms with Gasteiger partial charge in [-0.2, -0.15) is 5.26 Å². The van der Waals surface area contributed by atoms with Crippen molar-refractivity contribution >= 4 is 23.3 Å². The molecule has 1 amide bonds. The fourth-order valence-electron chi connectivity index (χ4n) is 4.23. The first-order valence-corrected chi connectivity index (χ1v) is 10.3. The largest absolute Gasteiger partial charge is 0.452 e. The monoisotopic (exact) mass is 414 g/mol. The van der Waals surface area contributed by atoms with Gasteiger partial charge in [-0.1, -0.05) is 19.3 Å². The molecule has 9 heteroatoms. The molecule has 1 aromatic rings. The van der Waals surface area contributed by atoms with E-state index in [0.29, 0.717) is 18.5 Å². The summed E-state index contributed by atoms with van der Waals surface area (Å²) in [4.78, 5) is 39.3. The maximum absolute atomic E-state index is 12.7. The number of nitrogens with zero attached hydrogens (tertiary/aromatic N) is 4. The van der Waals surface area contributed by atoms with E-state index in [4.69, 9.17) is 4.74 Å². The van der Waals surface area contributed by atoms with Crippen molar-refractivity contribution in [2.75, 3.05) is 31.6 Å². The highest BCUT2D eigenvalue weighted by atomic mass is 16.6. The van der Waals surface area contributed by atoms with E-state index >= 15 is 0 Å². The topological polar surface area (TPSA) is 117 Å². The van der Waals surface area contributed by atoms with Crippen LogP contribution in [0.15, 0.2) is 18.2 Å². The SMILES string of the molecule is CN(C(=O)COC(=O)c1cc([N+](=O)[O-])ccc1N1CCCC1)C1(C#N)CCCCC1. The summed E-state index contributed by atoms with van der Waals surface area (Å²) in [5, 5.41) is 20.8. The molecule has 3 rings (SSSR count). The van der Waals surface area contributed by atoms with Crippen molar-refractivity contribution in [3.63, 3.8) is 0 Å². The maximum Gasteiger partial charge on any atom is 0.341 e. The molecule has 30 heavy (non-hydrogen) atoms. The van der Waals surface area contributed by atoms with E-state index in [2.05, 4.69) is 6.07 Å². The molecule has 0 bridgehead atoms. The lowest BCUT2D eigenvalue weighted by Crippen LogP contribution is -2.51. The Hall–Kier alpha value is -3.15. The number of hydrogen-bond acceptors (Lipinski definition) is 7. The third-order valence-corrected chi connectivity index (χ3v) is 6.09. The summed E-state index contributed by atoms with van der Waals surface area (Å²) in [6.45, 7) is 0.996. The van der Waals surface area contributed by atoms with E-state index < -0.39 is 28.9 Å². The minimum absolute atomic E-state index is 0.0780. The van der Waals surface area contributed by atoms with Gasteiger partial charge in [0.2, 0.25) is 0 Å². The van der Waals surface area contributed by atoms with Gasteiger partial charge in [-0.15, -0.1) is 0 Å². The number of carbonyl (C=O) groups excluding carboxylic acids is 2. The quantitative estimate of drug-likeness (QED) is 0.399. The average molecular weight is 414 g/mol. The van der Waals surface area contributed by atoms with Gasteiger partial charge in [0.25, 0.3) is 11.6 Å². The number of hydrogen-bond donors (Lipinski definition) is 0. The number of non-ortho nitro benzene ring substituents is 1. The number of benzene rings is 1. The van der Waals surface area contributed by atoms with Gasteiger partial charge >= 0.3 is 5.97 Å². The van der Waals surface area contributed by atoms with E-state index in [1.165, 1.54) is 17.0 Å². The third-order valence-electron chi connectivity index (χ3n) is 6.09. The summed E-state index contributed by atoms with van der Waals surface area (Å²) in [7, 11) is 1.56. The standard InChI is InChI=1S/C21H26N4O5/c1-23(21(15-22)9-3-2-4-10-21)19(26)14-30-20(27)17-13-16(25(28)29)7-8-18(17)24-11-5-6-12-24/h7-8,13H,2-6,9-12,14H2,1H3. The van der Waals surface area contributed by atoms with Gasteiger partial charge in [-0.05, 0) is 31.7 Å². The molecule has 9 nitrogen and oxygen atoms in total. The molecular formula is C21H26N4O5. The van der Waals surface area contributed by atoms with Crippen LogP contribution in [0.25, 0.3) is 0 Å². The second-order valence-corrected chi connectivity index (χ2v) is 7.89. The smallest absolute Gasteiger partial charge is 0.341 e. The Balaban J connectivity index is 1.73. The lowest BCUT2D eigenvalue weighted by molar-refractivity contribution is -0.384. The number of nitro benzene ring substituents is 1. The molecule has 1 aromatic carbocycles. The van der Waals surface area contributed by atoms with Gasteiger partial charge in [0.05, 0.1) is 22.2 Å². The van der Waals surface area contributed by atoms with Gasteiger partial charge in [0.1, 0.15) is 5.54 Å². The molecule has 0 unspecified atom stereocenters. The van der Waals surface area contributed by atoms with Gasteiger partial charge in [-0.3, -0.25) is 14.9 Å². The number of carbonyl (C=O) groups is 2. The van der Waals surface area contributed by atoms with Gasteiger partial charge < -0.3 is 14.5 Å². The van der Waals surface area contributed by atoms with E-state index in [-0.39, 0.29) is 11.3 Å². The number of ether oxygens (including phenoxy) is 1. The van der Waals surface area contributed by atoms with Crippen molar-refractivity contribution in [2.24, 2.45) is 0 Å². The first kappa shape index (κ1) is 21.6. The molecule has 0 radical (unpaired) electrons. The fraction of sp³-hybridized carbons (Fsp3) is 0.571. The number of nitriles is 1. The number of rotatable bonds is 6. The third kappa shape index (κ3) is 4.37. The first-order chi connectivity index (χ1) is 14.4. The second kappa shape index (κ2) is 9.11. The maximum atomic E-state index is 12.7. The molecular weight excluding hydrogens is 388 g/mol. The first-order valence-electron chi connectivity index (χ1n) is 10.3. The summed E-state index contributed by atoms with van der Waals surface area (Å²) in [5.74, 6) is -1.24. The molecule has 160 valence electrons. The van der Waals surface area contributed by atoms with Crippen molar-refractivity contribution in [3.8, 4) is 6.07 Å². The van der Waals surface area contributed by atoms with Gasteiger partial charge in [0.15, 0.2) is 6.61 Å². The van der Waals surface area contributed by atoms with Crippen LogP contribution in [0, 0.1) is 21.4 Å². The molecule has 1 aliphatic heterocycles. The number of likely N-dealkylation sites (N-methyl/N-ethyl adjacent to an activating group) is 1. The summed E-state index contributed by atoms with van der Waals surface area (Å²) < 4.78 is 5.24. The highest BCUT2D eigenvalue weighted by Gasteiger charge is 2.39. The van der Waals surface area contributed by atoms with Gasteiger partial charge in [-0.25, -0.2) is 4.79 Å². The van der Waals surface area contributed by atoms with Crippen LogP contribution in [0.2, 0.25) is 0 Å². The van der Waals surface area contributed by atoms with Crippen LogP contribution >= 0.6 is 0 Å². The van der Waals surface area contributed by atoms with Crippen LogP contribution in [0.5, 0.6) is 0 Å². The van der Waals surface area contributed by atoms with Crippen LogP contribution in [0.4, 0.5) is 11.4 Å². The lowest BCUT2D eigenvalue weighted by Gasteiger charge is -2.38. The van der Waals surface area contributed by atoms with Crippen LogP contribution < -0.4 is 4.90 Å². The Bertz CT molecular complexity index is 867. The summed E-state index contributed by atoms with van der Waals surface area (Å²) in [5.41, 5.74) is -0.425. The van der Waals surface area contributed by atoms with Gasteiger partial charge in [0, 0.05) is 32.3 Å². The van der Waals surface area contributed by atoms with E-state index in [1.54, 1.807) is 13.1 Å². The fourth-order valence-corrected chi connectivity index (χ4v) is 4.23. The lowest BCUT2D eigenvalue weighted by atomic mass is 9.81. The van der Waals surface area contributed by atoms with Crippen molar-refractivity contribution in [2.45, 2.75) is 50.5 Å². The minimum Gasteiger partial charge on any atom is -0.452 e. The van der Waals surface area contributed by atoms with Crippen LogP contribution in [0.3, 0.4) is 0 Å². The minimum atomic E-state index is -0.867. The zero-order chi connectivity index (χ0) is 21.7. The second-order valence-electron chi connectivity index (χ2n) is 7.89. The highest BCUT2D eigenvalue weighted by Crippen LogP contribution is 2.33. The van der Waals surface area contributed by atoms with Crippen LogP contribution in [-0.2, 0) is 9.53 Å².